The average Bonchev–Trinajstić information content (AvgIpc) is 3.99. The highest BCUT2D eigenvalue weighted by atomic mass is 32.2. The van der Waals surface area contributed by atoms with Gasteiger partial charge in [0.25, 0.3) is 0 Å². The van der Waals surface area contributed by atoms with E-state index in [4.69, 9.17) is 0 Å². The number of thioether (sulfide) groups is 1. The smallest absolute Gasteiger partial charge is 0.101 e. The summed E-state index contributed by atoms with van der Waals surface area (Å²) in [6, 6.07) is 56.5. The van der Waals surface area contributed by atoms with E-state index in [1.54, 1.807) is 11.8 Å². The Morgan fingerprint density at radius 1 is 0.458 bits per heavy atom. The van der Waals surface area contributed by atoms with Crippen LogP contribution in [0.15, 0.2) is 151 Å². The van der Waals surface area contributed by atoms with Crippen molar-refractivity contribution in [1.82, 2.24) is 9.13 Å². The summed E-state index contributed by atoms with van der Waals surface area (Å²) in [6.45, 7) is 0. The maximum atomic E-state index is 11.0. The van der Waals surface area contributed by atoms with Crippen LogP contribution in [0.2, 0.25) is 0 Å². The molecule has 0 saturated carbocycles. The maximum Gasteiger partial charge on any atom is 0.101 e. The minimum Gasteiger partial charge on any atom is -0.308 e. The second-order valence-electron chi connectivity index (χ2n) is 15.1. The Hall–Kier alpha value is -7.13. The highest BCUT2D eigenvalue weighted by molar-refractivity contribution is 8.06. The number of nitrogens with zero attached hydrogens (tertiary/aromatic N) is 4. The van der Waals surface area contributed by atoms with Gasteiger partial charge >= 0.3 is 0 Å². The van der Waals surface area contributed by atoms with E-state index in [1.165, 1.54) is 61.6 Å². The molecule has 272 valence electrons. The molecule has 0 fully saturated rings. The topological polar surface area (TPSA) is 57.4 Å². The van der Waals surface area contributed by atoms with Crippen molar-refractivity contribution in [3.8, 4) is 23.5 Å². The fourth-order valence-electron chi connectivity index (χ4n) is 9.51. The molecule has 0 unspecified atom stereocenters. The van der Waals surface area contributed by atoms with Crippen LogP contribution in [0.5, 0.6) is 0 Å². The third-order valence-corrected chi connectivity index (χ3v) is 15.3. The van der Waals surface area contributed by atoms with Crippen molar-refractivity contribution >= 4 is 130 Å². The predicted octanol–water partition coefficient (Wildman–Crippen LogP) is 13.0. The molecular weight excluding hydrogens is 777 g/mol. The van der Waals surface area contributed by atoms with E-state index in [-0.39, 0.29) is 0 Å². The van der Waals surface area contributed by atoms with Gasteiger partial charge in [0.15, 0.2) is 0 Å². The number of nitriles is 2. The van der Waals surface area contributed by atoms with Crippen LogP contribution in [0.4, 0.5) is 0 Å². The molecule has 0 radical (unpaired) electrons. The van der Waals surface area contributed by atoms with Gasteiger partial charge in [-0.25, -0.2) is 0 Å². The van der Waals surface area contributed by atoms with Crippen LogP contribution in [0, 0.1) is 22.7 Å². The van der Waals surface area contributed by atoms with Crippen molar-refractivity contribution in [2.45, 2.75) is 5.03 Å². The number of hydrogen-bond donors (Lipinski definition) is 0. The summed E-state index contributed by atoms with van der Waals surface area (Å²) in [7, 11) is 0. The van der Waals surface area contributed by atoms with Crippen LogP contribution in [-0.4, -0.2) is 9.13 Å². The van der Waals surface area contributed by atoms with Gasteiger partial charge in [0.2, 0.25) is 0 Å². The second kappa shape index (κ2) is 12.2. The summed E-state index contributed by atoms with van der Waals surface area (Å²) in [5.41, 5.74) is 6.49. The average molecular weight is 803 g/mol. The molecule has 1 aliphatic rings. The standard InChI is InChI=1S/C52H26N4S3/c53-26-31-22-44(56-42-16-8-6-14-36(42)38-25-49-40(28-57-52(38)56)51-34-12-4-2-10-30(34)18-20-47(51)59-49)32(27-54)21-43(31)55-41-15-7-5-13-35(41)37-24-48-39(23-45(37)55)50-33-11-3-1-9-29(33)17-19-46(50)58-48/h1-25,28H. The molecule has 59 heavy (non-hydrogen) atoms. The van der Waals surface area contributed by atoms with Gasteiger partial charge in [0.1, 0.15) is 12.1 Å². The summed E-state index contributed by atoms with van der Waals surface area (Å²) in [6.07, 6.45) is 2.32. The minimum atomic E-state index is 0.497. The van der Waals surface area contributed by atoms with Crippen molar-refractivity contribution in [3.05, 3.63) is 172 Å². The lowest BCUT2D eigenvalue weighted by Gasteiger charge is -2.16. The number of fused-ring (bicyclic) bond motifs is 16. The van der Waals surface area contributed by atoms with E-state index >= 15 is 0 Å². The fraction of sp³-hybridized carbons (Fsp3) is 0. The summed E-state index contributed by atoms with van der Waals surface area (Å²) in [4.78, 5) is 0. The Morgan fingerprint density at radius 3 is 1.76 bits per heavy atom. The third-order valence-electron chi connectivity index (χ3n) is 12.1. The Bertz CT molecular complexity index is 4090. The number of rotatable bonds is 2. The molecule has 8 aromatic carbocycles. The Labute approximate surface area is 348 Å². The first-order valence-corrected chi connectivity index (χ1v) is 21.9. The maximum absolute atomic E-state index is 11.0. The third kappa shape index (κ3) is 4.52. The Morgan fingerprint density at radius 2 is 1.05 bits per heavy atom. The van der Waals surface area contributed by atoms with Crippen LogP contribution < -0.4 is 9.75 Å². The first-order chi connectivity index (χ1) is 29.2. The van der Waals surface area contributed by atoms with Gasteiger partial charge in [-0.15, -0.1) is 22.7 Å². The highest BCUT2D eigenvalue weighted by Crippen LogP contribution is 2.45. The molecule has 13 rings (SSSR count). The molecular formula is C52H26N4S3. The van der Waals surface area contributed by atoms with E-state index in [9.17, 15) is 10.5 Å². The van der Waals surface area contributed by atoms with Gasteiger partial charge in [-0.3, -0.25) is 0 Å². The number of aromatic nitrogens is 2. The molecule has 12 aromatic rings. The monoisotopic (exact) mass is 802 g/mol. The SMILES string of the molecule is N#Cc1cc(-n2c3ccccc3c3cc4sc5ccc6ccccc6c5c4cc32)c(C#N)cc1-n1c2c(c3ccccc31)C=c1sc3ccc4ccccc4c3c1=CS2. The van der Waals surface area contributed by atoms with E-state index < -0.39 is 0 Å². The lowest BCUT2D eigenvalue weighted by Crippen LogP contribution is -2.17. The first-order valence-electron chi connectivity index (χ1n) is 19.4. The molecule has 0 spiro atoms. The Balaban J connectivity index is 1.07. The largest absolute Gasteiger partial charge is 0.308 e. The van der Waals surface area contributed by atoms with Gasteiger partial charge in [0.05, 0.1) is 44.1 Å². The summed E-state index contributed by atoms with van der Waals surface area (Å²) >= 11 is 5.32. The minimum absolute atomic E-state index is 0.497. The zero-order valence-corrected chi connectivity index (χ0v) is 33.5. The van der Waals surface area contributed by atoms with E-state index in [0.29, 0.717) is 22.5 Å². The van der Waals surface area contributed by atoms with Crippen molar-refractivity contribution in [1.29, 1.82) is 10.5 Å². The van der Waals surface area contributed by atoms with Gasteiger partial charge in [-0.05, 0) is 81.6 Å². The van der Waals surface area contributed by atoms with Crippen molar-refractivity contribution in [3.63, 3.8) is 0 Å². The highest BCUT2D eigenvalue weighted by Gasteiger charge is 2.25. The molecule has 0 aliphatic carbocycles. The number of benzene rings is 8. The molecule has 0 amide bonds. The van der Waals surface area contributed by atoms with Gasteiger partial charge in [-0.1, -0.05) is 109 Å². The molecule has 5 heterocycles. The van der Waals surface area contributed by atoms with Crippen molar-refractivity contribution in [2.75, 3.05) is 0 Å². The zero-order valence-electron chi connectivity index (χ0n) is 31.0. The number of thiophene rings is 2. The van der Waals surface area contributed by atoms with Crippen LogP contribution >= 0.6 is 34.4 Å². The van der Waals surface area contributed by atoms with Crippen LogP contribution in [0.25, 0.3) is 107 Å². The molecule has 1 aliphatic heterocycles. The van der Waals surface area contributed by atoms with E-state index in [1.807, 2.05) is 46.9 Å². The van der Waals surface area contributed by atoms with Gasteiger partial charge in [-0.2, -0.15) is 10.5 Å². The second-order valence-corrected chi connectivity index (χ2v) is 18.1. The molecule has 4 nitrogen and oxygen atoms in total. The van der Waals surface area contributed by atoms with Gasteiger partial charge in [0, 0.05) is 61.7 Å². The summed E-state index contributed by atoms with van der Waals surface area (Å²) in [5.74, 6) is 0. The predicted molar refractivity (Wildman–Crippen MR) is 250 cm³/mol. The van der Waals surface area contributed by atoms with Crippen LogP contribution in [0.3, 0.4) is 0 Å². The lowest BCUT2D eigenvalue weighted by atomic mass is 10.0. The molecule has 0 saturated heterocycles. The molecule has 0 bridgehead atoms. The lowest BCUT2D eigenvalue weighted by molar-refractivity contribution is 0.981. The van der Waals surface area contributed by atoms with Crippen molar-refractivity contribution in [2.24, 2.45) is 0 Å². The summed E-state index contributed by atoms with van der Waals surface area (Å²) < 4.78 is 9.34. The first kappa shape index (κ1) is 32.9. The van der Waals surface area contributed by atoms with E-state index in [2.05, 4.69) is 154 Å². The van der Waals surface area contributed by atoms with Gasteiger partial charge < -0.3 is 9.13 Å². The van der Waals surface area contributed by atoms with Crippen LogP contribution in [-0.2, 0) is 0 Å². The normalized spacial score (nSPS) is 12.6. The zero-order chi connectivity index (χ0) is 38.9. The fourth-order valence-corrected chi connectivity index (χ4v) is 12.9. The van der Waals surface area contributed by atoms with Crippen LogP contribution in [0.1, 0.15) is 16.7 Å². The summed E-state index contributed by atoms with van der Waals surface area (Å²) in [5, 5.41) is 38.6. The number of para-hydroxylation sites is 2. The molecule has 0 atom stereocenters. The Kier molecular flexibility index (Phi) is 6.80. The molecule has 7 heteroatoms. The number of hydrogen-bond acceptors (Lipinski definition) is 5. The van der Waals surface area contributed by atoms with Crippen molar-refractivity contribution < 1.29 is 0 Å². The molecule has 4 aromatic heterocycles. The molecule has 0 N–H and O–H groups in total. The van der Waals surface area contributed by atoms with E-state index in [0.717, 1.165) is 43.3 Å². The quantitative estimate of drug-likeness (QED) is 0.175.